The van der Waals surface area contributed by atoms with Crippen LogP contribution in [-0.4, -0.2) is 26.9 Å². The van der Waals surface area contributed by atoms with E-state index in [1.54, 1.807) is 30.3 Å². The molecule has 0 spiro atoms. The van der Waals surface area contributed by atoms with Gasteiger partial charge in [0.2, 0.25) is 0 Å². The lowest BCUT2D eigenvalue weighted by Crippen LogP contribution is -2.23. The van der Waals surface area contributed by atoms with Crippen LogP contribution in [-0.2, 0) is 11.3 Å². The van der Waals surface area contributed by atoms with Crippen molar-refractivity contribution in [3.63, 3.8) is 0 Å². The van der Waals surface area contributed by atoms with Crippen molar-refractivity contribution >= 4 is 17.5 Å². The first-order valence-electron chi connectivity index (χ1n) is 7.53. The van der Waals surface area contributed by atoms with Gasteiger partial charge in [0.15, 0.2) is 0 Å². The summed E-state index contributed by atoms with van der Waals surface area (Å²) in [5.41, 5.74) is 2.21. The van der Waals surface area contributed by atoms with Gasteiger partial charge in [0.1, 0.15) is 11.6 Å². The Bertz CT molecular complexity index is 769. The van der Waals surface area contributed by atoms with E-state index in [0.717, 1.165) is 11.3 Å². The van der Waals surface area contributed by atoms with Crippen LogP contribution in [0, 0.1) is 18.2 Å². The number of methoxy groups -OCH3 is 2. The predicted molar refractivity (Wildman–Crippen MR) is 95.3 cm³/mol. The highest BCUT2D eigenvalue weighted by Gasteiger charge is 2.14. The van der Waals surface area contributed by atoms with E-state index in [4.69, 9.17) is 11.2 Å². The molecule has 2 rings (SSSR count). The molecule has 0 heterocycles. The van der Waals surface area contributed by atoms with Crippen LogP contribution in [0.4, 0.5) is 20.6 Å². The zero-order chi connectivity index (χ0) is 18.2. The Balaban J connectivity index is 2.28. The summed E-state index contributed by atoms with van der Waals surface area (Å²) >= 11 is 0. The Morgan fingerprint density at radius 3 is 2.56 bits per heavy atom. The number of hydrogen-bond donors (Lipinski definition) is 1. The van der Waals surface area contributed by atoms with Crippen molar-refractivity contribution in [3.05, 3.63) is 53.8 Å². The van der Waals surface area contributed by atoms with Crippen molar-refractivity contribution in [1.29, 1.82) is 0 Å². The molecule has 0 atom stereocenters. The molecule has 0 aromatic heterocycles. The molecule has 25 heavy (non-hydrogen) atoms. The minimum Gasteiger partial charge on any atom is -0.495 e. The summed E-state index contributed by atoms with van der Waals surface area (Å²) in [6, 6.07) is 11.4. The van der Waals surface area contributed by atoms with Crippen LogP contribution in [0.5, 0.6) is 5.75 Å². The molecular formula is C19H19FN2O3. The minimum atomic E-state index is -0.568. The van der Waals surface area contributed by atoms with Gasteiger partial charge in [-0.05, 0) is 29.8 Å². The first kappa shape index (κ1) is 18.1. The maximum atomic E-state index is 13.1. The largest absolute Gasteiger partial charge is 0.495 e. The molecule has 2 aromatic rings. The van der Waals surface area contributed by atoms with Crippen LogP contribution in [0.15, 0.2) is 42.5 Å². The Kier molecular flexibility index (Phi) is 6.24. The Hall–Kier alpha value is -3.20. The molecule has 0 saturated carbocycles. The molecule has 0 aliphatic rings. The summed E-state index contributed by atoms with van der Waals surface area (Å²) in [5.74, 6) is 2.87. The zero-order valence-corrected chi connectivity index (χ0v) is 14.1. The number of halogens is 1. The van der Waals surface area contributed by atoms with Crippen molar-refractivity contribution in [1.82, 2.24) is 0 Å². The van der Waals surface area contributed by atoms with Gasteiger partial charge in [0, 0.05) is 18.3 Å². The van der Waals surface area contributed by atoms with Gasteiger partial charge in [-0.15, -0.1) is 6.42 Å². The molecule has 2 aromatic carbocycles. The number of carbonyl (C=O) groups is 1. The molecule has 1 N–H and O–H groups in total. The molecule has 0 unspecified atom stereocenters. The van der Waals surface area contributed by atoms with E-state index in [-0.39, 0.29) is 5.82 Å². The normalized spacial score (nSPS) is 9.84. The predicted octanol–water partition coefficient (Wildman–Crippen LogP) is 3.65. The molecule has 5 nitrogen and oxygen atoms in total. The number of carbonyl (C=O) groups excluding carboxylic acids is 1. The van der Waals surface area contributed by atoms with Crippen LogP contribution in [0.3, 0.4) is 0 Å². The van der Waals surface area contributed by atoms with E-state index >= 15 is 0 Å². The van der Waals surface area contributed by atoms with Crippen molar-refractivity contribution < 1.29 is 18.7 Å². The van der Waals surface area contributed by atoms with Gasteiger partial charge in [-0.2, -0.15) is 0 Å². The molecular weight excluding hydrogens is 323 g/mol. The number of ether oxygens (including phenoxy) is 2. The smallest absolute Gasteiger partial charge is 0.411 e. The Morgan fingerprint density at radius 2 is 1.96 bits per heavy atom. The van der Waals surface area contributed by atoms with E-state index in [1.807, 2.05) is 4.90 Å². The summed E-state index contributed by atoms with van der Waals surface area (Å²) in [5, 5.41) is 2.58. The standard InChI is InChI=1S/C19H19FN2O3/c1-4-11-22(13-14-5-7-15(20)8-6-14)17-10-9-16(12-18(17)24-2)21-19(23)25-3/h1,5-10,12H,11,13H2,2-3H3,(H,21,23). The Morgan fingerprint density at radius 1 is 1.24 bits per heavy atom. The van der Waals surface area contributed by atoms with E-state index in [2.05, 4.69) is 16.0 Å². The summed E-state index contributed by atoms with van der Waals surface area (Å²) in [4.78, 5) is 13.3. The lowest BCUT2D eigenvalue weighted by atomic mass is 10.1. The number of terminal acetylenes is 1. The molecule has 130 valence electrons. The molecule has 0 aliphatic carbocycles. The minimum absolute atomic E-state index is 0.289. The van der Waals surface area contributed by atoms with Crippen LogP contribution in [0.25, 0.3) is 0 Å². The molecule has 0 fully saturated rings. The summed E-state index contributed by atoms with van der Waals surface area (Å²) in [6.45, 7) is 0.835. The lowest BCUT2D eigenvalue weighted by Gasteiger charge is -2.25. The quantitative estimate of drug-likeness (QED) is 0.814. The third kappa shape index (κ3) is 4.88. The van der Waals surface area contributed by atoms with Crippen LogP contribution in [0.2, 0.25) is 0 Å². The fourth-order valence-electron chi connectivity index (χ4n) is 2.33. The fraction of sp³-hybridized carbons (Fsp3) is 0.211. The highest BCUT2D eigenvalue weighted by molar-refractivity contribution is 5.85. The van der Waals surface area contributed by atoms with Crippen molar-refractivity contribution in [2.24, 2.45) is 0 Å². The first-order valence-corrected chi connectivity index (χ1v) is 7.53. The number of rotatable bonds is 6. The van der Waals surface area contributed by atoms with E-state index in [9.17, 15) is 9.18 Å². The number of anilines is 2. The van der Waals surface area contributed by atoms with Crippen molar-refractivity contribution in [3.8, 4) is 18.1 Å². The highest BCUT2D eigenvalue weighted by Crippen LogP contribution is 2.32. The molecule has 0 radical (unpaired) electrons. The maximum absolute atomic E-state index is 13.1. The highest BCUT2D eigenvalue weighted by atomic mass is 19.1. The number of nitrogens with zero attached hydrogens (tertiary/aromatic N) is 1. The summed E-state index contributed by atoms with van der Waals surface area (Å²) in [6.07, 6.45) is 4.92. The second-order valence-corrected chi connectivity index (χ2v) is 5.19. The van der Waals surface area contributed by atoms with Gasteiger partial charge in [0.05, 0.1) is 26.5 Å². The molecule has 0 bridgehead atoms. The van der Waals surface area contributed by atoms with Gasteiger partial charge in [-0.3, -0.25) is 5.32 Å². The lowest BCUT2D eigenvalue weighted by molar-refractivity contribution is 0.187. The van der Waals surface area contributed by atoms with E-state index < -0.39 is 6.09 Å². The van der Waals surface area contributed by atoms with Crippen LogP contribution in [0.1, 0.15) is 5.56 Å². The monoisotopic (exact) mass is 342 g/mol. The average molecular weight is 342 g/mol. The van der Waals surface area contributed by atoms with Gasteiger partial charge in [0.25, 0.3) is 0 Å². The number of amides is 1. The van der Waals surface area contributed by atoms with Crippen LogP contribution < -0.4 is 15.0 Å². The number of nitrogens with one attached hydrogen (secondary N) is 1. The van der Waals surface area contributed by atoms with E-state index in [1.165, 1.54) is 26.4 Å². The van der Waals surface area contributed by atoms with Gasteiger partial charge in [-0.1, -0.05) is 18.1 Å². The third-order valence-corrected chi connectivity index (χ3v) is 3.52. The van der Waals surface area contributed by atoms with E-state index in [0.29, 0.717) is 24.5 Å². The SMILES string of the molecule is C#CCN(Cc1ccc(F)cc1)c1ccc(NC(=O)OC)cc1OC. The summed E-state index contributed by atoms with van der Waals surface area (Å²) in [7, 11) is 2.82. The molecule has 6 heteroatoms. The topological polar surface area (TPSA) is 50.8 Å². The Labute approximate surface area is 146 Å². The molecule has 1 amide bonds. The number of benzene rings is 2. The second kappa shape index (κ2) is 8.60. The van der Waals surface area contributed by atoms with Gasteiger partial charge < -0.3 is 14.4 Å². The van der Waals surface area contributed by atoms with Gasteiger partial charge >= 0.3 is 6.09 Å². The van der Waals surface area contributed by atoms with Crippen LogP contribution >= 0.6 is 0 Å². The third-order valence-electron chi connectivity index (χ3n) is 3.52. The van der Waals surface area contributed by atoms with Crippen molar-refractivity contribution in [2.45, 2.75) is 6.54 Å². The zero-order valence-electron chi connectivity index (χ0n) is 14.1. The molecule has 0 aliphatic heterocycles. The number of hydrogen-bond acceptors (Lipinski definition) is 4. The first-order chi connectivity index (χ1) is 12.1. The second-order valence-electron chi connectivity index (χ2n) is 5.19. The van der Waals surface area contributed by atoms with Gasteiger partial charge in [-0.25, -0.2) is 9.18 Å². The maximum Gasteiger partial charge on any atom is 0.411 e. The fourth-order valence-corrected chi connectivity index (χ4v) is 2.33. The van der Waals surface area contributed by atoms with Crippen molar-refractivity contribution in [2.75, 3.05) is 31.0 Å². The molecule has 0 saturated heterocycles. The summed E-state index contributed by atoms with van der Waals surface area (Å²) < 4.78 is 23.1. The average Bonchev–Trinajstić information content (AvgIpc) is 2.63.